The normalized spacial score (nSPS) is 10.5. The van der Waals surface area contributed by atoms with Crippen LogP contribution in [0.4, 0.5) is 0 Å². The second-order valence-corrected chi connectivity index (χ2v) is 5.16. The first-order valence-electron chi connectivity index (χ1n) is 6.59. The van der Waals surface area contributed by atoms with Gasteiger partial charge in [0.05, 0.1) is 24.7 Å². The van der Waals surface area contributed by atoms with Crippen LogP contribution in [0.5, 0.6) is 5.75 Å². The van der Waals surface area contributed by atoms with Gasteiger partial charge in [-0.3, -0.25) is 4.79 Å². The molecule has 21 heavy (non-hydrogen) atoms. The fourth-order valence-corrected chi connectivity index (χ4v) is 2.26. The highest BCUT2D eigenvalue weighted by Gasteiger charge is 2.11. The van der Waals surface area contributed by atoms with Gasteiger partial charge in [-0.05, 0) is 12.1 Å². The van der Waals surface area contributed by atoms with Crippen LogP contribution in [0.1, 0.15) is 12.0 Å². The van der Waals surface area contributed by atoms with Crippen LogP contribution in [0.15, 0.2) is 12.1 Å². The third kappa shape index (κ3) is 6.52. The van der Waals surface area contributed by atoms with E-state index >= 15 is 0 Å². The number of carbonyl (C=O) groups excluding carboxylic acids is 1. The van der Waals surface area contributed by atoms with E-state index in [1.54, 1.807) is 26.3 Å². The van der Waals surface area contributed by atoms with E-state index in [-0.39, 0.29) is 18.9 Å². The molecule has 1 rings (SSSR count). The molecule has 0 aliphatic heterocycles. The standard InChI is InChI=1S/C14H20Cl2N2O3/c1-17-13(19)3-5-21-14-10(9-18-4-6-20-2)7-11(15)8-12(14)16/h7-8,18H,3-6,9H2,1-2H3,(H,17,19). The van der Waals surface area contributed by atoms with Gasteiger partial charge in [-0.1, -0.05) is 23.2 Å². The predicted molar refractivity (Wildman–Crippen MR) is 84.2 cm³/mol. The smallest absolute Gasteiger partial charge is 0.223 e. The number of amides is 1. The summed E-state index contributed by atoms with van der Waals surface area (Å²) in [5, 5.41) is 6.72. The molecule has 5 nitrogen and oxygen atoms in total. The molecular weight excluding hydrogens is 315 g/mol. The summed E-state index contributed by atoms with van der Waals surface area (Å²) in [5.41, 5.74) is 0.848. The average Bonchev–Trinajstić information content (AvgIpc) is 2.45. The molecule has 0 unspecified atom stereocenters. The van der Waals surface area contributed by atoms with Crippen molar-refractivity contribution in [1.29, 1.82) is 0 Å². The molecule has 118 valence electrons. The first-order chi connectivity index (χ1) is 10.1. The van der Waals surface area contributed by atoms with Gasteiger partial charge in [-0.2, -0.15) is 0 Å². The summed E-state index contributed by atoms with van der Waals surface area (Å²) in [7, 11) is 3.23. The number of rotatable bonds is 9. The second kappa shape index (κ2) is 9.84. The Hall–Kier alpha value is -1.01. The third-order valence-corrected chi connectivity index (χ3v) is 3.24. The Kier molecular flexibility index (Phi) is 8.45. The van der Waals surface area contributed by atoms with Gasteiger partial charge in [0, 0.05) is 37.8 Å². The first-order valence-corrected chi connectivity index (χ1v) is 7.35. The maximum absolute atomic E-state index is 11.2. The molecule has 0 aliphatic carbocycles. The van der Waals surface area contributed by atoms with E-state index in [0.717, 1.165) is 5.56 Å². The summed E-state index contributed by atoms with van der Waals surface area (Å²) >= 11 is 12.2. The van der Waals surface area contributed by atoms with Crippen molar-refractivity contribution in [3.8, 4) is 5.75 Å². The van der Waals surface area contributed by atoms with Crippen molar-refractivity contribution in [3.63, 3.8) is 0 Å². The van der Waals surface area contributed by atoms with Crippen LogP contribution in [0.25, 0.3) is 0 Å². The van der Waals surface area contributed by atoms with Crippen LogP contribution in [0.2, 0.25) is 10.0 Å². The minimum atomic E-state index is -0.0835. The molecule has 0 spiro atoms. The van der Waals surface area contributed by atoms with Gasteiger partial charge in [0.25, 0.3) is 0 Å². The maximum atomic E-state index is 11.2. The summed E-state index contributed by atoms with van der Waals surface area (Å²) in [6, 6.07) is 3.42. The molecule has 0 heterocycles. The zero-order chi connectivity index (χ0) is 15.7. The minimum absolute atomic E-state index is 0.0835. The molecule has 0 atom stereocenters. The monoisotopic (exact) mass is 334 g/mol. The molecular formula is C14H20Cl2N2O3. The largest absolute Gasteiger partial charge is 0.491 e. The molecule has 1 aromatic carbocycles. The van der Waals surface area contributed by atoms with Crippen molar-refractivity contribution in [2.24, 2.45) is 0 Å². The lowest BCUT2D eigenvalue weighted by atomic mass is 10.2. The van der Waals surface area contributed by atoms with Gasteiger partial charge in [0.15, 0.2) is 0 Å². The number of nitrogens with one attached hydrogen (secondary N) is 2. The van der Waals surface area contributed by atoms with Crippen LogP contribution >= 0.6 is 23.2 Å². The van der Waals surface area contributed by atoms with Gasteiger partial charge in [0.2, 0.25) is 5.91 Å². The van der Waals surface area contributed by atoms with Crippen molar-refractivity contribution in [2.75, 3.05) is 33.9 Å². The molecule has 0 radical (unpaired) electrons. The molecule has 0 aromatic heterocycles. The molecule has 2 N–H and O–H groups in total. The topological polar surface area (TPSA) is 59.6 Å². The number of halogens is 2. The van der Waals surface area contributed by atoms with E-state index in [1.165, 1.54) is 0 Å². The Morgan fingerprint density at radius 1 is 1.29 bits per heavy atom. The quantitative estimate of drug-likeness (QED) is 0.680. The number of ether oxygens (including phenoxy) is 2. The van der Waals surface area contributed by atoms with Crippen LogP contribution in [0, 0.1) is 0 Å². The van der Waals surface area contributed by atoms with Gasteiger partial charge in [-0.15, -0.1) is 0 Å². The summed E-state index contributed by atoms with van der Waals surface area (Å²) in [4.78, 5) is 11.2. The van der Waals surface area contributed by atoms with E-state index in [1.807, 2.05) is 0 Å². The van der Waals surface area contributed by atoms with E-state index < -0.39 is 0 Å². The highest BCUT2D eigenvalue weighted by molar-refractivity contribution is 6.35. The molecule has 0 saturated heterocycles. The maximum Gasteiger partial charge on any atom is 0.223 e. The number of hydrogen-bond acceptors (Lipinski definition) is 4. The Balaban J connectivity index is 2.68. The highest BCUT2D eigenvalue weighted by atomic mass is 35.5. The summed E-state index contributed by atoms with van der Waals surface area (Å²) in [6.45, 7) is 2.13. The molecule has 0 aliphatic rings. The fraction of sp³-hybridized carbons (Fsp3) is 0.500. The highest BCUT2D eigenvalue weighted by Crippen LogP contribution is 2.32. The molecule has 1 amide bonds. The molecule has 7 heteroatoms. The second-order valence-electron chi connectivity index (χ2n) is 4.32. The number of carbonyl (C=O) groups is 1. The Morgan fingerprint density at radius 3 is 2.71 bits per heavy atom. The fourth-order valence-electron chi connectivity index (χ4n) is 1.67. The van der Waals surface area contributed by atoms with E-state index in [2.05, 4.69) is 10.6 Å². The zero-order valence-corrected chi connectivity index (χ0v) is 13.7. The van der Waals surface area contributed by atoms with Crippen molar-refractivity contribution in [1.82, 2.24) is 10.6 Å². The summed E-state index contributed by atoms with van der Waals surface area (Å²) in [5.74, 6) is 0.467. The lowest BCUT2D eigenvalue weighted by Gasteiger charge is -2.14. The molecule has 0 bridgehead atoms. The predicted octanol–water partition coefficient (Wildman–Crippen LogP) is 2.24. The zero-order valence-electron chi connectivity index (χ0n) is 12.2. The van der Waals surface area contributed by atoms with Gasteiger partial charge >= 0.3 is 0 Å². The van der Waals surface area contributed by atoms with Crippen molar-refractivity contribution >= 4 is 29.1 Å². The van der Waals surface area contributed by atoms with Crippen LogP contribution < -0.4 is 15.4 Å². The summed E-state index contributed by atoms with van der Waals surface area (Å²) in [6.07, 6.45) is 0.270. The van der Waals surface area contributed by atoms with Crippen molar-refractivity contribution in [3.05, 3.63) is 27.7 Å². The van der Waals surface area contributed by atoms with E-state index in [0.29, 0.717) is 35.5 Å². The number of methoxy groups -OCH3 is 1. The molecule has 0 saturated carbocycles. The van der Waals surface area contributed by atoms with E-state index in [9.17, 15) is 4.79 Å². The van der Waals surface area contributed by atoms with Gasteiger partial charge in [0.1, 0.15) is 5.75 Å². The average molecular weight is 335 g/mol. The minimum Gasteiger partial charge on any atom is -0.491 e. The molecule has 0 fully saturated rings. The lowest BCUT2D eigenvalue weighted by molar-refractivity contribution is -0.121. The van der Waals surface area contributed by atoms with Crippen molar-refractivity contribution in [2.45, 2.75) is 13.0 Å². The van der Waals surface area contributed by atoms with Gasteiger partial charge in [-0.25, -0.2) is 0 Å². The SMILES string of the molecule is CNC(=O)CCOc1c(Cl)cc(Cl)cc1CNCCOC. The van der Waals surface area contributed by atoms with Gasteiger partial charge < -0.3 is 20.1 Å². The lowest BCUT2D eigenvalue weighted by Crippen LogP contribution is -2.21. The molecule has 1 aromatic rings. The van der Waals surface area contributed by atoms with Crippen LogP contribution in [-0.2, 0) is 16.1 Å². The van der Waals surface area contributed by atoms with E-state index in [4.69, 9.17) is 32.7 Å². The Morgan fingerprint density at radius 2 is 2.05 bits per heavy atom. The number of benzene rings is 1. The van der Waals surface area contributed by atoms with Crippen LogP contribution in [0.3, 0.4) is 0 Å². The third-order valence-electron chi connectivity index (χ3n) is 2.74. The Labute approximate surface area is 134 Å². The summed E-state index contributed by atoms with van der Waals surface area (Å²) < 4.78 is 10.6. The first kappa shape index (κ1) is 18.0. The van der Waals surface area contributed by atoms with Crippen molar-refractivity contribution < 1.29 is 14.3 Å². The Bertz CT molecular complexity index is 470. The van der Waals surface area contributed by atoms with Crippen LogP contribution in [-0.4, -0.2) is 39.8 Å². The number of hydrogen-bond donors (Lipinski definition) is 2.